The van der Waals surface area contributed by atoms with E-state index in [4.69, 9.17) is 25.3 Å². The summed E-state index contributed by atoms with van der Waals surface area (Å²) in [5.74, 6) is 0.652. The van der Waals surface area contributed by atoms with E-state index < -0.39 is 10.1 Å². The van der Waals surface area contributed by atoms with Crippen molar-refractivity contribution in [2.24, 2.45) is 0 Å². The highest BCUT2D eigenvalue weighted by Gasteiger charge is 2.30. The molecule has 0 fully saturated rings. The van der Waals surface area contributed by atoms with Gasteiger partial charge in [-0.15, -0.1) is 0 Å². The third-order valence-electron chi connectivity index (χ3n) is 5.76. The third kappa shape index (κ3) is 5.06. The first kappa shape index (κ1) is 25.6. The number of fused-ring (bicyclic) bond motifs is 1. The van der Waals surface area contributed by atoms with Gasteiger partial charge in [-0.3, -0.25) is 4.79 Å². The quantitative estimate of drug-likeness (QED) is 0.295. The van der Waals surface area contributed by atoms with E-state index >= 15 is 0 Å². The highest BCUT2D eigenvalue weighted by atomic mass is 35.5. The number of hydrogen-bond acceptors (Lipinski definition) is 8. The molecule has 1 aliphatic rings. The van der Waals surface area contributed by atoms with E-state index in [0.717, 1.165) is 45.5 Å². The molecule has 0 spiro atoms. The Labute approximate surface area is 213 Å². The van der Waals surface area contributed by atoms with Crippen LogP contribution in [0.15, 0.2) is 46.3 Å². The minimum absolute atomic E-state index is 0.0590. The van der Waals surface area contributed by atoms with Gasteiger partial charge in [-0.1, -0.05) is 11.6 Å². The molecule has 0 saturated carbocycles. The van der Waals surface area contributed by atoms with Gasteiger partial charge in [0.15, 0.2) is 0 Å². The average molecular weight is 537 g/mol. The van der Waals surface area contributed by atoms with Crippen LogP contribution in [0.1, 0.15) is 46.5 Å². The van der Waals surface area contributed by atoms with Gasteiger partial charge in [-0.25, -0.2) is 4.68 Å². The van der Waals surface area contributed by atoms with Crippen molar-refractivity contribution in [1.29, 1.82) is 0 Å². The van der Waals surface area contributed by atoms with Crippen molar-refractivity contribution in [3.63, 3.8) is 0 Å². The second-order valence-corrected chi connectivity index (χ2v) is 11.0. The number of nitrogens with zero attached hydrogens (tertiary/aromatic N) is 2. The number of methoxy groups -OCH3 is 1. The summed E-state index contributed by atoms with van der Waals surface area (Å²) < 4.78 is 44.1. The summed E-state index contributed by atoms with van der Waals surface area (Å²) in [7, 11) is -2.56. The topological polar surface area (TPSA) is 96.7 Å². The number of benzene rings is 2. The number of hydrogen-bond donors (Lipinski definition) is 0. The van der Waals surface area contributed by atoms with Crippen LogP contribution in [0.2, 0.25) is 5.02 Å². The summed E-state index contributed by atoms with van der Waals surface area (Å²) in [6, 6.07) is 7.48. The van der Waals surface area contributed by atoms with E-state index in [0.29, 0.717) is 18.2 Å². The molecule has 0 N–H and O–H groups in total. The highest BCUT2D eigenvalue weighted by molar-refractivity contribution is 8.14. The van der Waals surface area contributed by atoms with Crippen molar-refractivity contribution in [1.82, 2.24) is 9.78 Å². The minimum Gasteiger partial charge on any atom is -0.493 e. The van der Waals surface area contributed by atoms with Crippen LogP contribution in [0, 0.1) is 13.8 Å². The van der Waals surface area contributed by atoms with Crippen molar-refractivity contribution >= 4 is 38.6 Å². The summed E-state index contributed by atoms with van der Waals surface area (Å²) in [5.41, 5.74) is 2.77. The molecule has 4 rings (SSSR count). The molecule has 8 nitrogen and oxygen atoms in total. The molecule has 2 heterocycles. The van der Waals surface area contributed by atoms with Crippen LogP contribution < -0.4 is 8.92 Å². The zero-order chi connectivity index (χ0) is 25.3. The van der Waals surface area contributed by atoms with Crippen molar-refractivity contribution in [3.8, 4) is 11.6 Å². The van der Waals surface area contributed by atoms with Gasteiger partial charge in [0.05, 0.1) is 18.9 Å². The number of aromatic nitrogens is 2. The van der Waals surface area contributed by atoms with E-state index in [1.165, 1.54) is 35.1 Å². The first-order valence-electron chi connectivity index (χ1n) is 10.9. The van der Waals surface area contributed by atoms with E-state index in [1.807, 2.05) is 19.9 Å². The second-order valence-electron chi connectivity index (χ2n) is 7.98. The maximum atomic E-state index is 13.4. The molecule has 1 atom stereocenters. The van der Waals surface area contributed by atoms with Gasteiger partial charge in [0.2, 0.25) is 11.0 Å². The van der Waals surface area contributed by atoms with Crippen molar-refractivity contribution < 1.29 is 26.9 Å². The minimum atomic E-state index is -4.21. The SMILES string of the molecule is CCn1ncc(C(=O)Sc2cc(C)c3c(c2C)C(OC)CCO3)c1OS(=O)(=O)c1ccc(Cl)cc1. The van der Waals surface area contributed by atoms with Crippen molar-refractivity contribution in [2.75, 3.05) is 13.7 Å². The molecule has 0 radical (unpaired) electrons. The number of carbonyl (C=O) groups excluding carboxylic acids is 1. The molecule has 1 aromatic heterocycles. The molecule has 3 aromatic rings. The number of aryl methyl sites for hydroxylation is 2. The van der Waals surface area contributed by atoms with E-state index in [-0.39, 0.29) is 27.6 Å². The van der Waals surface area contributed by atoms with E-state index in [2.05, 4.69) is 5.10 Å². The number of halogens is 1. The standard InChI is InChI=1S/C24H25ClN2O6S2/c1-5-27-23(33-35(29,30)17-8-6-16(25)7-9-17)18(13-26-27)24(28)34-20-12-14(2)22-21(15(20)3)19(31-4)10-11-32-22/h6-9,12-13,19H,5,10-11H2,1-4H3. The van der Waals surface area contributed by atoms with Crippen molar-refractivity contribution in [2.45, 2.75) is 49.6 Å². The summed E-state index contributed by atoms with van der Waals surface area (Å²) in [5, 5.41) is 4.16. The van der Waals surface area contributed by atoms with Crippen LogP contribution >= 0.6 is 23.4 Å². The lowest BCUT2D eigenvalue weighted by Gasteiger charge is -2.29. The van der Waals surface area contributed by atoms with Gasteiger partial charge >= 0.3 is 10.1 Å². The molecule has 11 heteroatoms. The first-order chi connectivity index (χ1) is 16.7. The Morgan fingerprint density at radius 2 is 2.00 bits per heavy atom. The summed E-state index contributed by atoms with van der Waals surface area (Å²) in [6.07, 6.45) is 1.92. The summed E-state index contributed by atoms with van der Waals surface area (Å²) >= 11 is 6.86. The van der Waals surface area contributed by atoms with Crippen LogP contribution in [0.4, 0.5) is 0 Å². The summed E-state index contributed by atoms with van der Waals surface area (Å²) in [6.45, 7) is 6.50. The van der Waals surface area contributed by atoms with Crippen LogP contribution in [0.25, 0.3) is 0 Å². The lowest BCUT2D eigenvalue weighted by Crippen LogP contribution is -2.18. The fourth-order valence-corrected chi connectivity index (χ4v) is 5.98. The lowest BCUT2D eigenvalue weighted by atomic mass is 9.95. The van der Waals surface area contributed by atoms with Gasteiger partial charge in [-0.05, 0) is 74.0 Å². The zero-order valence-corrected chi connectivity index (χ0v) is 22.1. The number of carbonyl (C=O) groups is 1. The number of thioether (sulfide) groups is 1. The smallest absolute Gasteiger partial charge is 0.340 e. The molecule has 0 bridgehead atoms. The largest absolute Gasteiger partial charge is 0.493 e. The molecule has 1 aliphatic heterocycles. The number of rotatable bonds is 7. The molecular formula is C24H25ClN2O6S2. The molecule has 2 aromatic carbocycles. The fourth-order valence-electron chi connectivity index (χ4n) is 3.95. The maximum Gasteiger partial charge on any atom is 0.340 e. The molecule has 35 heavy (non-hydrogen) atoms. The van der Waals surface area contributed by atoms with E-state index in [1.54, 1.807) is 14.0 Å². The summed E-state index contributed by atoms with van der Waals surface area (Å²) in [4.78, 5) is 14.0. The molecule has 186 valence electrons. The highest BCUT2D eigenvalue weighted by Crippen LogP contribution is 2.43. The fraction of sp³-hybridized carbons (Fsp3) is 0.333. The molecular weight excluding hydrogens is 512 g/mol. The Kier molecular flexibility index (Phi) is 7.46. The van der Waals surface area contributed by atoms with Gasteiger partial charge in [-0.2, -0.15) is 13.5 Å². The predicted molar refractivity (Wildman–Crippen MR) is 133 cm³/mol. The second kappa shape index (κ2) is 10.2. The predicted octanol–water partition coefficient (Wildman–Crippen LogP) is 5.34. The Morgan fingerprint density at radius 3 is 2.66 bits per heavy atom. The first-order valence-corrected chi connectivity index (χ1v) is 13.5. The Morgan fingerprint density at radius 1 is 1.29 bits per heavy atom. The molecule has 0 amide bonds. The molecule has 0 aliphatic carbocycles. The molecule has 1 unspecified atom stereocenters. The Hall–Kier alpha value is -2.53. The normalized spacial score (nSPS) is 15.4. The van der Waals surface area contributed by atoms with Gasteiger partial charge < -0.3 is 13.7 Å². The molecule has 0 saturated heterocycles. The maximum absolute atomic E-state index is 13.4. The van der Waals surface area contributed by atoms with Crippen LogP contribution in [-0.4, -0.2) is 37.0 Å². The van der Waals surface area contributed by atoms with Gasteiger partial charge in [0.1, 0.15) is 16.2 Å². The van der Waals surface area contributed by atoms with Crippen molar-refractivity contribution in [3.05, 3.63) is 63.8 Å². The van der Waals surface area contributed by atoms with Gasteiger partial charge in [0, 0.05) is 35.6 Å². The Bertz CT molecular complexity index is 1370. The van der Waals surface area contributed by atoms with Gasteiger partial charge in [0.25, 0.3) is 0 Å². The van der Waals surface area contributed by atoms with Crippen LogP contribution in [0.5, 0.6) is 11.6 Å². The van der Waals surface area contributed by atoms with Crippen LogP contribution in [-0.2, 0) is 21.4 Å². The lowest BCUT2D eigenvalue weighted by molar-refractivity contribution is 0.0624. The van der Waals surface area contributed by atoms with E-state index in [9.17, 15) is 13.2 Å². The Balaban J connectivity index is 1.67. The third-order valence-corrected chi connectivity index (χ3v) is 8.29. The average Bonchev–Trinajstić information content (AvgIpc) is 3.24. The monoisotopic (exact) mass is 536 g/mol. The zero-order valence-electron chi connectivity index (χ0n) is 19.7. The van der Waals surface area contributed by atoms with Crippen LogP contribution in [0.3, 0.4) is 0 Å². The number of ether oxygens (including phenoxy) is 2.